The van der Waals surface area contributed by atoms with E-state index in [1.165, 1.54) is 15.6 Å². The van der Waals surface area contributed by atoms with E-state index in [9.17, 15) is 0 Å². The van der Waals surface area contributed by atoms with Crippen LogP contribution in [0.4, 0.5) is 0 Å². The van der Waals surface area contributed by atoms with Gasteiger partial charge < -0.3 is 0 Å². The van der Waals surface area contributed by atoms with Gasteiger partial charge in [-0.05, 0) is 17.7 Å². The lowest BCUT2D eigenvalue weighted by molar-refractivity contribution is 1.42. The van der Waals surface area contributed by atoms with Crippen LogP contribution in [0.2, 0.25) is 0 Å². The molecule has 0 bridgehead atoms. The number of fused-ring (bicyclic) bond motifs is 1. The van der Waals surface area contributed by atoms with Gasteiger partial charge in [-0.25, -0.2) is 0 Å². The lowest BCUT2D eigenvalue weighted by Gasteiger charge is -2.00. The monoisotopic (exact) mass is 336 g/mol. The first-order chi connectivity index (χ1) is 6.22. The molecular formula is C9H6Br2S2. The van der Waals surface area contributed by atoms with E-state index >= 15 is 0 Å². The topological polar surface area (TPSA) is 0 Å². The molecular weight excluding hydrogens is 332 g/mol. The van der Waals surface area contributed by atoms with Gasteiger partial charge in [-0.1, -0.05) is 31.9 Å². The molecule has 1 aromatic carbocycles. The molecule has 68 valence electrons. The van der Waals surface area contributed by atoms with Crippen LogP contribution in [-0.4, -0.2) is 0 Å². The van der Waals surface area contributed by atoms with Gasteiger partial charge in [0.25, 0.3) is 0 Å². The molecule has 0 atom stereocenters. The lowest BCUT2D eigenvalue weighted by atomic mass is 10.2. The molecule has 0 saturated carbocycles. The molecule has 2 aromatic rings. The van der Waals surface area contributed by atoms with Crippen LogP contribution in [-0.2, 0) is 5.33 Å². The fraction of sp³-hybridized carbons (Fsp3) is 0.111. The minimum Gasteiger partial charge on any atom is -0.143 e. The van der Waals surface area contributed by atoms with Gasteiger partial charge in [0, 0.05) is 30.2 Å². The van der Waals surface area contributed by atoms with Gasteiger partial charge in [0.05, 0.1) is 0 Å². The van der Waals surface area contributed by atoms with Gasteiger partial charge in [-0.15, -0.1) is 24.0 Å². The Kier molecular flexibility index (Phi) is 3.03. The first-order valence-electron chi connectivity index (χ1n) is 3.67. The number of thiol groups is 1. The third kappa shape index (κ3) is 1.82. The van der Waals surface area contributed by atoms with E-state index in [1.807, 2.05) is 0 Å². The minimum absolute atomic E-state index is 0.868. The summed E-state index contributed by atoms with van der Waals surface area (Å²) in [6.07, 6.45) is 0. The quantitative estimate of drug-likeness (QED) is 0.558. The number of benzene rings is 1. The highest BCUT2D eigenvalue weighted by Crippen LogP contribution is 2.33. The highest BCUT2D eigenvalue weighted by atomic mass is 79.9. The zero-order chi connectivity index (χ0) is 9.42. The molecule has 0 amide bonds. The molecule has 0 radical (unpaired) electrons. The van der Waals surface area contributed by atoms with Crippen molar-refractivity contribution in [1.82, 2.24) is 0 Å². The Labute approximate surface area is 103 Å². The summed E-state index contributed by atoms with van der Waals surface area (Å²) in [7, 11) is 0. The van der Waals surface area contributed by atoms with Gasteiger partial charge in [-0.2, -0.15) is 0 Å². The Balaban J connectivity index is 2.77. The van der Waals surface area contributed by atoms with Crippen LogP contribution in [0, 0.1) is 0 Å². The van der Waals surface area contributed by atoms with Crippen molar-refractivity contribution >= 4 is 65.9 Å². The summed E-state index contributed by atoms with van der Waals surface area (Å²) in [6.45, 7) is 0. The van der Waals surface area contributed by atoms with Crippen molar-refractivity contribution in [2.45, 2.75) is 10.2 Å². The second kappa shape index (κ2) is 3.93. The summed E-state index contributed by atoms with van der Waals surface area (Å²) in [4.78, 5) is 1.06. The molecule has 0 fully saturated rings. The van der Waals surface area contributed by atoms with Crippen LogP contribution in [0.15, 0.2) is 26.9 Å². The maximum absolute atomic E-state index is 4.40. The normalized spacial score (nSPS) is 11.0. The predicted octanol–water partition coefficient (Wildman–Crippen LogP) is 4.85. The molecule has 0 unspecified atom stereocenters. The minimum atomic E-state index is 0.868. The zero-order valence-corrected chi connectivity index (χ0v) is 11.4. The van der Waals surface area contributed by atoms with Crippen LogP contribution in [0.1, 0.15) is 5.56 Å². The zero-order valence-electron chi connectivity index (χ0n) is 6.55. The first kappa shape index (κ1) is 10.0. The van der Waals surface area contributed by atoms with Crippen LogP contribution < -0.4 is 0 Å². The third-order valence-corrected chi connectivity index (χ3v) is 4.70. The van der Waals surface area contributed by atoms with Crippen molar-refractivity contribution in [2.75, 3.05) is 0 Å². The number of halogens is 2. The summed E-state index contributed by atoms with van der Waals surface area (Å²) in [5, 5.41) is 4.18. The average Bonchev–Trinajstić information content (AvgIpc) is 2.46. The molecule has 0 aliphatic carbocycles. The van der Waals surface area contributed by atoms with Gasteiger partial charge in [0.2, 0.25) is 0 Å². The molecule has 0 aliphatic rings. The Hall–Kier alpha value is 0.490. The molecule has 4 heteroatoms. The Morgan fingerprint density at radius 2 is 2.15 bits per heavy atom. The molecule has 0 saturated heterocycles. The van der Waals surface area contributed by atoms with E-state index in [-0.39, 0.29) is 0 Å². The SMILES string of the molecule is Sc1csc2cc(Br)c(CBr)cc12. The summed E-state index contributed by atoms with van der Waals surface area (Å²) in [6, 6.07) is 4.32. The van der Waals surface area contributed by atoms with Crippen molar-refractivity contribution in [3.63, 3.8) is 0 Å². The van der Waals surface area contributed by atoms with E-state index in [4.69, 9.17) is 0 Å². The number of hydrogen-bond acceptors (Lipinski definition) is 2. The van der Waals surface area contributed by atoms with Crippen molar-refractivity contribution in [3.05, 3.63) is 27.5 Å². The molecule has 2 rings (SSSR count). The maximum Gasteiger partial charge on any atom is 0.0365 e. The molecule has 1 heterocycles. The van der Waals surface area contributed by atoms with Gasteiger partial charge in [0.15, 0.2) is 0 Å². The van der Waals surface area contributed by atoms with Gasteiger partial charge in [0.1, 0.15) is 0 Å². The van der Waals surface area contributed by atoms with Crippen LogP contribution in [0.3, 0.4) is 0 Å². The van der Waals surface area contributed by atoms with Crippen molar-refractivity contribution in [2.24, 2.45) is 0 Å². The Morgan fingerprint density at radius 3 is 2.85 bits per heavy atom. The number of hydrogen-bond donors (Lipinski definition) is 1. The molecule has 13 heavy (non-hydrogen) atoms. The fourth-order valence-corrected chi connectivity index (χ4v) is 3.92. The van der Waals surface area contributed by atoms with E-state index < -0.39 is 0 Å². The Morgan fingerprint density at radius 1 is 1.38 bits per heavy atom. The number of thiophene rings is 1. The highest BCUT2D eigenvalue weighted by molar-refractivity contribution is 9.10. The number of alkyl halides is 1. The van der Waals surface area contributed by atoms with E-state index in [0.29, 0.717) is 0 Å². The lowest BCUT2D eigenvalue weighted by Crippen LogP contribution is -1.79. The Bertz CT molecular complexity index is 448. The second-order valence-corrected chi connectivity index (χ2v) is 5.50. The van der Waals surface area contributed by atoms with Crippen LogP contribution in [0.25, 0.3) is 10.1 Å². The second-order valence-electron chi connectivity index (χ2n) is 2.69. The largest absolute Gasteiger partial charge is 0.143 e. The van der Waals surface area contributed by atoms with Crippen molar-refractivity contribution in [1.29, 1.82) is 0 Å². The summed E-state index contributed by atoms with van der Waals surface area (Å²) in [5.74, 6) is 0. The van der Waals surface area contributed by atoms with E-state index in [0.717, 1.165) is 14.7 Å². The molecule has 0 nitrogen and oxygen atoms in total. The van der Waals surface area contributed by atoms with Crippen LogP contribution in [0.5, 0.6) is 0 Å². The summed E-state index contributed by atoms with van der Waals surface area (Å²) >= 11 is 13.1. The van der Waals surface area contributed by atoms with Gasteiger partial charge in [-0.3, -0.25) is 0 Å². The van der Waals surface area contributed by atoms with E-state index in [1.54, 1.807) is 11.3 Å². The maximum atomic E-state index is 4.40. The average molecular weight is 338 g/mol. The summed E-state index contributed by atoms with van der Waals surface area (Å²) < 4.78 is 2.44. The number of rotatable bonds is 1. The van der Waals surface area contributed by atoms with Crippen molar-refractivity contribution in [3.8, 4) is 0 Å². The summed E-state index contributed by atoms with van der Waals surface area (Å²) in [5.41, 5.74) is 1.27. The van der Waals surface area contributed by atoms with Crippen molar-refractivity contribution < 1.29 is 0 Å². The third-order valence-electron chi connectivity index (χ3n) is 1.87. The van der Waals surface area contributed by atoms with Crippen LogP contribution >= 0.6 is 55.8 Å². The molecule has 0 N–H and O–H groups in total. The van der Waals surface area contributed by atoms with Gasteiger partial charge >= 0.3 is 0 Å². The highest BCUT2D eigenvalue weighted by Gasteiger charge is 2.05. The first-order valence-corrected chi connectivity index (χ1v) is 6.91. The van der Waals surface area contributed by atoms with E-state index in [2.05, 4.69) is 62.0 Å². The smallest absolute Gasteiger partial charge is 0.0365 e. The fourth-order valence-electron chi connectivity index (χ4n) is 1.18. The molecule has 1 aromatic heterocycles. The standard InChI is InChI=1S/C9H6Br2S2/c10-3-5-1-6-8(12)4-13-9(6)2-7(5)11/h1-2,4,12H,3H2. The molecule has 0 aliphatic heterocycles. The predicted molar refractivity (Wildman–Crippen MR) is 69.4 cm³/mol. The molecule has 0 spiro atoms.